The van der Waals surface area contributed by atoms with Gasteiger partial charge in [-0.25, -0.2) is 0 Å². The number of piperazine rings is 1. The number of benzene rings is 1. The fourth-order valence-corrected chi connectivity index (χ4v) is 6.07. The first-order chi connectivity index (χ1) is 14.5. The summed E-state index contributed by atoms with van der Waals surface area (Å²) in [4.78, 5) is 2.27. The molecule has 1 saturated heterocycles. The molecule has 1 aromatic rings. The molecule has 1 unspecified atom stereocenters. The molecule has 0 amide bonds. The van der Waals surface area contributed by atoms with Crippen LogP contribution < -0.4 is 10.1 Å². The molecule has 0 aliphatic carbocycles. The summed E-state index contributed by atoms with van der Waals surface area (Å²) in [6.07, 6.45) is -0.697. The van der Waals surface area contributed by atoms with Gasteiger partial charge in [-0.2, -0.15) is 13.2 Å². The second kappa shape index (κ2) is 9.09. The highest BCUT2D eigenvalue weighted by atomic mass is 32.2. The summed E-state index contributed by atoms with van der Waals surface area (Å²) in [6.45, 7) is 4.01. The average Bonchev–Trinajstić information content (AvgIpc) is 2.72. The number of nitrogens with zero attached hydrogens (tertiary/aromatic N) is 1. The van der Waals surface area contributed by atoms with Crippen LogP contribution in [-0.2, 0) is 0 Å². The highest BCUT2D eigenvalue weighted by molar-refractivity contribution is 8.22. The number of alkyl halides is 3. The number of ether oxygens (including phenoxy) is 1. The first-order valence-electron chi connectivity index (χ1n) is 10.1. The predicted octanol–water partition coefficient (Wildman–Crippen LogP) is 3.88. The van der Waals surface area contributed by atoms with Gasteiger partial charge in [-0.3, -0.25) is 0 Å². The zero-order valence-electron chi connectivity index (χ0n) is 16.5. The van der Waals surface area contributed by atoms with Gasteiger partial charge in [0.2, 0.25) is 0 Å². The number of hydrogen-bond donors (Lipinski definition) is 2. The molecule has 0 radical (unpaired) electrons. The Morgan fingerprint density at radius 2 is 1.93 bits per heavy atom. The van der Waals surface area contributed by atoms with Crippen LogP contribution in [0.25, 0.3) is 6.08 Å². The molecule has 8 heteroatoms. The van der Waals surface area contributed by atoms with Crippen molar-refractivity contribution >= 4 is 21.9 Å². The highest BCUT2D eigenvalue weighted by Gasteiger charge is 2.42. The Kier molecular flexibility index (Phi) is 6.48. The van der Waals surface area contributed by atoms with Gasteiger partial charge in [0.05, 0.1) is 4.91 Å². The number of hydrogen-bond acceptors (Lipinski definition) is 4. The monoisotopic (exact) mass is 438 g/mol. The first kappa shape index (κ1) is 21.4. The summed E-state index contributed by atoms with van der Waals surface area (Å²) in [5.74, 6) is 1.09. The summed E-state index contributed by atoms with van der Waals surface area (Å²) < 4.78 is 48.4. The van der Waals surface area contributed by atoms with E-state index in [1.54, 1.807) is 5.37 Å². The second-order valence-electron chi connectivity index (χ2n) is 7.37. The molecule has 4 nitrogen and oxygen atoms in total. The largest absolute Gasteiger partial charge is 0.456 e. The summed E-state index contributed by atoms with van der Waals surface area (Å²) in [5.41, 5.74) is 0.892. The summed E-state index contributed by atoms with van der Waals surface area (Å²) in [6, 6.07) is 7.35. The van der Waals surface area contributed by atoms with Crippen molar-refractivity contribution in [2.45, 2.75) is 19.0 Å². The SMILES string of the molecule is OCCC1=C(C(F)(F)F)S(=CCCN2CCNCC2)C2=Cc3ccccc3OC2=C1. The summed E-state index contributed by atoms with van der Waals surface area (Å²) >= 11 is 0. The van der Waals surface area contributed by atoms with E-state index in [4.69, 9.17) is 4.74 Å². The molecule has 0 bridgehead atoms. The number of aliphatic hydroxyl groups excluding tert-OH is 1. The molecule has 0 saturated carbocycles. The van der Waals surface area contributed by atoms with Gasteiger partial charge in [0.15, 0.2) is 0 Å². The van der Waals surface area contributed by atoms with E-state index in [9.17, 15) is 18.3 Å². The van der Waals surface area contributed by atoms with Crippen molar-refractivity contribution in [2.24, 2.45) is 0 Å². The van der Waals surface area contributed by atoms with Gasteiger partial charge in [-0.05, 0) is 36.6 Å². The highest BCUT2D eigenvalue weighted by Crippen LogP contribution is 2.54. The molecule has 162 valence electrons. The van der Waals surface area contributed by atoms with Crippen LogP contribution in [0, 0.1) is 0 Å². The molecule has 0 spiro atoms. The van der Waals surface area contributed by atoms with Crippen LogP contribution >= 0.6 is 10.5 Å². The third-order valence-electron chi connectivity index (χ3n) is 5.30. The van der Waals surface area contributed by atoms with Gasteiger partial charge in [-0.15, -0.1) is 10.5 Å². The topological polar surface area (TPSA) is 44.7 Å². The van der Waals surface area contributed by atoms with Gasteiger partial charge >= 0.3 is 6.18 Å². The Labute approximate surface area is 176 Å². The number of nitrogens with one attached hydrogen (secondary N) is 1. The predicted molar refractivity (Wildman–Crippen MR) is 115 cm³/mol. The van der Waals surface area contributed by atoms with Crippen molar-refractivity contribution in [2.75, 3.05) is 39.3 Å². The second-order valence-corrected chi connectivity index (χ2v) is 9.22. The smallest absolute Gasteiger partial charge is 0.422 e. The van der Waals surface area contributed by atoms with Crippen molar-refractivity contribution < 1.29 is 23.0 Å². The lowest BCUT2D eigenvalue weighted by molar-refractivity contribution is -0.0843. The van der Waals surface area contributed by atoms with Gasteiger partial charge in [0.1, 0.15) is 11.5 Å². The van der Waals surface area contributed by atoms with E-state index in [1.165, 1.54) is 6.08 Å². The van der Waals surface area contributed by atoms with E-state index >= 15 is 0 Å². The van der Waals surface area contributed by atoms with Gasteiger partial charge < -0.3 is 20.1 Å². The Hall–Kier alpha value is -1.87. The Bertz CT molecular complexity index is 929. The minimum atomic E-state index is -4.47. The number of para-hydroxylation sites is 1. The molecular weight excluding hydrogens is 413 g/mol. The van der Waals surface area contributed by atoms with E-state index < -0.39 is 21.6 Å². The Morgan fingerprint density at radius 1 is 1.17 bits per heavy atom. The molecule has 30 heavy (non-hydrogen) atoms. The fraction of sp³-hybridized carbons (Fsp3) is 0.409. The summed E-state index contributed by atoms with van der Waals surface area (Å²) in [5, 5.41) is 14.5. The van der Waals surface area contributed by atoms with Crippen molar-refractivity contribution in [3.8, 4) is 5.75 Å². The van der Waals surface area contributed by atoms with E-state index in [0.29, 0.717) is 22.8 Å². The molecule has 3 heterocycles. The Morgan fingerprint density at radius 3 is 2.67 bits per heavy atom. The average molecular weight is 439 g/mol. The normalized spacial score (nSPS) is 22.2. The van der Waals surface area contributed by atoms with Gasteiger partial charge in [-0.1, -0.05) is 23.6 Å². The quantitative estimate of drug-likeness (QED) is 0.685. The van der Waals surface area contributed by atoms with Crippen LogP contribution in [0.15, 0.2) is 51.5 Å². The van der Waals surface area contributed by atoms with Crippen LogP contribution in [0.5, 0.6) is 5.75 Å². The van der Waals surface area contributed by atoms with Crippen LogP contribution in [0.2, 0.25) is 0 Å². The number of aliphatic hydroxyl groups is 1. The van der Waals surface area contributed by atoms with Crippen LogP contribution in [-0.4, -0.2) is 60.9 Å². The third-order valence-corrected chi connectivity index (χ3v) is 7.60. The van der Waals surface area contributed by atoms with Crippen molar-refractivity contribution in [1.82, 2.24) is 10.2 Å². The molecule has 0 aromatic heterocycles. The molecular formula is C22H25F3N2O2S. The lowest BCUT2D eigenvalue weighted by Crippen LogP contribution is -2.43. The van der Waals surface area contributed by atoms with Crippen molar-refractivity contribution in [3.05, 3.63) is 57.0 Å². The molecule has 2 N–H and O–H groups in total. The van der Waals surface area contributed by atoms with E-state index in [-0.39, 0.29) is 18.6 Å². The molecule has 3 aliphatic rings. The van der Waals surface area contributed by atoms with Crippen molar-refractivity contribution in [1.29, 1.82) is 0 Å². The lowest BCUT2D eigenvalue weighted by atomic mass is 10.1. The van der Waals surface area contributed by atoms with Gasteiger partial charge in [0, 0.05) is 49.8 Å². The minimum absolute atomic E-state index is 0.0498. The van der Waals surface area contributed by atoms with Crippen LogP contribution in [0.3, 0.4) is 0 Å². The zero-order chi connectivity index (χ0) is 21.1. The zero-order valence-corrected chi connectivity index (χ0v) is 17.4. The van der Waals surface area contributed by atoms with E-state index in [2.05, 4.69) is 10.2 Å². The lowest BCUT2D eigenvalue weighted by Gasteiger charge is -2.31. The van der Waals surface area contributed by atoms with Crippen LogP contribution in [0.1, 0.15) is 18.4 Å². The molecule has 4 rings (SSSR count). The van der Waals surface area contributed by atoms with E-state index in [0.717, 1.165) is 38.3 Å². The van der Waals surface area contributed by atoms with Crippen molar-refractivity contribution in [3.63, 3.8) is 0 Å². The van der Waals surface area contributed by atoms with E-state index in [1.807, 2.05) is 30.3 Å². The fourth-order valence-electron chi connectivity index (χ4n) is 3.90. The number of fused-ring (bicyclic) bond motifs is 2. The number of allylic oxidation sites excluding steroid dienone is 2. The number of rotatable bonds is 5. The molecule has 3 aliphatic heterocycles. The van der Waals surface area contributed by atoms with Crippen LogP contribution in [0.4, 0.5) is 13.2 Å². The Balaban J connectivity index is 1.74. The third kappa shape index (κ3) is 4.56. The molecule has 1 atom stereocenters. The standard InChI is InChI=1S/C22H25F3N2O2S/c23-22(24,25)21-17(6-12-28)14-19-20(15-16-4-1-2-5-18(16)29-19)30(21)13-3-9-27-10-7-26-8-11-27/h1-2,4-5,13-15,26,28H,3,6-12H2. The molecule has 1 fully saturated rings. The first-order valence-corrected chi connectivity index (χ1v) is 11.4. The minimum Gasteiger partial charge on any atom is -0.456 e. The maximum absolute atomic E-state index is 14.1. The van der Waals surface area contributed by atoms with Gasteiger partial charge in [0.25, 0.3) is 0 Å². The maximum atomic E-state index is 14.1. The summed E-state index contributed by atoms with van der Waals surface area (Å²) in [7, 11) is -1.27. The molecule has 1 aromatic carbocycles. The maximum Gasteiger partial charge on any atom is 0.422 e. The number of halogens is 3.